The average Bonchev–Trinajstić information content (AvgIpc) is 2.42. The number of rotatable bonds is 9. The van der Waals surface area contributed by atoms with Crippen molar-refractivity contribution in [3.8, 4) is 5.75 Å². The molecular formula is C14H20O4. The van der Waals surface area contributed by atoms with E-state index in [9.17, 15) is 0 Å². The van der Waals surface area contributed by atoms with Crippen LogP contribution in [-0.4, -0.2) is 34.2 Å². The molecule has 0 fully saturated rings. The van der Waals surface area contributed by atoms with Crippen LogP contribution in [0.5, 0.6) is 5.75 Å². The first-order chi connectivity index (χ1) is 8.86. The van der Waals surface area contributed by atoms with Crippen LogP contribution in [0.1, 0.15) is 5.56 Å². The first kappa shape index (κ1) is 14.7. The SMILES string of the molecule is COCOC/C=C/COCc1ccc(OC)cc1. The number of hydrogen-bond donors (Lipinski definition) is 0. The van der Waals surface area contributed by atoms with Crippen LogP contribution < -0.4 is 4.74 Å². The van der Waals surface area contributed by atoms with E-state index in [1.807, 2.05) is 36.4 Å². The van der Waals surface area contributed by atoms with Gasteiger partial charge in [0, 0.05) is 7.11 Å². The summed E-state index contributed by atoms with van der Waals surface area (Å²) in [5.74, 6) is 0.855. The van der Waals surface area contributed by atoms with Crippen molar-refractivity contribution in [3.05, 3.63) is 42.0 Å². The Hall–Kier alpha value is -1.36. The molecule has 0 atom stereocenters. The molecule has 18 heavy (non-hydrogen) atoms. The van der Waals surface area contributed by atoms with E-state index in [2.05, 4.69) is 0 Å². The summed E-state index contributed by atoms with van der Waals surface area (Å²) in [6.45, 7) is 2.02. The molecule has 0 aliphatic carbocycles. The molecule has 1 rings (SSSR count). The predicted octanol–water partition coefficient (Wildman–Crippen LogP) is 2.39. The van der Waals surface area contributed by atoms with Crippen LogP contribution in [0.25, 0.3) is 0 Å². The zero-order valence-corrected chi connectivity index (χ0v) is 10.9. The lowest BCUT2D eigenvalue weighted by molar-refractivity contribution is -0.0188. The average molecular weight is 252 g/mol. The van der Waals surface area contributed by atoms with E-state index in [1.54, 1.807) is 14.2 Å². The van der Waals surface area contributed by atoms with Crippen molar-refractivity contribution in [1.29, 1.82) is 0 Å². The smallest absolute Gasteiger partial charge is 0.146 e. The Morgan fingerprint density at radius 2 is 1.61 bits per heavy atom. The first-order valence-corrected chi connectivity index (χ1v) is 5.79. The maximum absolute atomic E-state index is 5.49. The van der Waals surface area contributed by atoms with Gasteiger partial charge in [-0.25, -0.2) is 0 Å². The predicted molar refractivity (Wildman–Crippen MR) is 69.6 cm³/mol. The minimum Gasteiger partial charge on any atom is -0.497 e. The summed E-state index contributed by atoms with van der Waals surface area (Å²) in [7, 11) is 3.25. The Kier molecular flexibility index (Phi) is 7.88. The molecule has 0 spiro atoms. The van der Waals surface area contributed by atoms with Gasteiger partial charge in [0.25, 0.3) is 0 Å². The van der Waals surface area contributed by atoms with Gasteiger partial charge in [0.2, 0.25) is 0 Å². The van der Waals surface area contributed by atoms with Gasteiger partial charge in [-0.05, 0) is 17.7 Å². The lowest BCUT2D eigenvalue weighted by Gasteiger charge is -2.03. The topological polar surface area (TPSA) is 36.9 Å². The van der Waals surface area contributed by atoms with Crippen molar-refractivity contribution < 1.29 is 18.9 Å². The first-order valence-electron chi connectivity index (χ1n) is 5.79. The van der Waals surface area contributed by atoms with Gasteiger partial charge in [-0.3, -0.25) is 0 Å². The molecule has 0 unspecified atom stereocenters. The van der Waals surface area contributed by atoms with E-state index in [1.165, 1.54) is 0 Å². The quantitative estimate of drug-likeness (QED) is 0.384. The third kappa shape index (κ3) is 6.39. The van der Waals surface area contributed by atoms with Gasteiger partial charge in [0.1, 0.15) is 12.5 Å². The second-order valence-corrected chi connectivity index (χ2v) is 3.61. The molecule has 100 valence electrons. The monoisotopic (exact) mass is 252 g/mol. The Bertz CT molecular complexity index is 332. The summed E-state index contributed by atoms with van der Waals surface area (Å²) in [5.41, 5.74) is 1.12. The Labute approximate surface area is 108 Å². The molecule has 0 saturated carbocycles. The highest BCUT2D eigenvalue weighted by Gasteiger charge is 1.93. The molecule has 4 heteroatoms. The molecular weight excluding hydrogens is 232 g/mol. The van der Waals surface area contributed by atoms with Crippen LogP contribution in [-0.2, 0) is 20.8 Å². The number of methoxy groups -OCH3 is 2. The van der Waals surface area contributed by atoms with Crippen LogP contribution in [0, 0.1) is 0 Å². The number of ether oxygens (including phenoxy) is 4. The Morgan fingerprint density at radius 1 is 0.944 bits per heavy atom. The van der Waals surface area contributed by atoms with Gasteiger partial charge in [-0.15, -0.1) is 0 Å². The van der Waals surface area contributed by atoms with Gasteiger partial charge in [-0.2, -0.15) is 0 Å². The van der Waals surface area contributed by atoms with Crippen LogP contribution in [0.2, 0.25) is 0 Å². The third-order valence-electron chi connectivity index (χ3n) is 2.22. The Morgan fingerprint density at radius 3 is 2.22 bits per heavy atom. The molecule has 0 aromatic heterocycles. The molecule has 1 aromatic rings. The molecule has 0 aliphatic heterocycles. The molecule has 0 bridgehead atoms. The number of hydrogen-bond acceptors (Lipinski definition) is 4. The van der Waals surface area contributed by atoms with Crippen LogP contribution in [0.15, 0.2) is 36.4 Å². The second-order valence-electron chi connectivity index (χ2n) is 3.61. The van der Waals surface area contributed by atoms with Gasteiger partial charge in [-0.1, -0.05) is 24.3 Å². The van der Waals surface area contributed by atoms with E-state index >= 15 is 0 Å². The summed E-state index contributed by atoms with van der Waals surface area (Å²) >= 11 is 0. The minimum absolute atomic E-state index is 0.317. The summed E-state index contributed by atoms with van der Waals surface area (Å²) in [5, 5.41) is 0. The van der Waals surface area contributed by atoms with E-state index in [4.69, 9.17) is 18.9 Å². The summed E-state index contributed by atoms with van der Waals surface area (Å²) in [4.78, 5) is 0. The molecule has 0 radical (unpaired) electrons. The summed E-state index contributed by atoms with van der Waals surface area (Å²) in [6, 6.07) is 7.83. The highest BCUT2D eigenvalue weighted by molar-refractivity contribution is 5.26. The summed E-state index contributed by atoms with van der Waals surface area (Å²) in [6.07, 6.45) is 3.84. The van der Waals surface area contributed by atoms with E-state index < -0.39 is 0 Å². The molecule has 0 aliphatic rings. The lowest BCUT2D eigenvalue weighted by atomic mass is 10.2. The highest BCUT2D eigenvalue weighted by atomic mass is 16.7. The van der Waals surface area contributed by atoms with Gasteiger partial charge < -0.3 is 18.9 Å². The molecule has 4 nitrogen and oxygen atoms in total. The molecule has 0 saturated heterocycles. The van der Waals surface area contributed by atoms with E-state index in [0.717, 1.165) is 11.3 Å². The normalized spacial score (nSPS) is 11.0. The zero-order valence-electron chi connectivity index (χ0n) is 10.9. The van der Waals surface area contributed by atoms with Crippen molar-refractivity contribution in [2.45, 2.75) is 6.61 Å². The highest BCUT2D eigenvalue weighted by Crippen LogP contribution is 2.11. The third-order valence-corrected chi connectivity index (χ3v) is 2.22. The fourth-order valence-corrected chi connectivity index (χ4v) is 1.30. The van der Waals surface area contributed by atoms with Crippen molar-refractivity contribution in [3.63, 3.8) is 0 Å². The maximum atomic E-state index is 5.49. The van der Waals surface area contributed by atoms with Crippen molar-refractivity contribution in [2.24, 2.45) is 0 Å². The maximum Gasteiger partial charge on any atom is 0.146 e. The van der Waals surface area contributed by atoms with Crippen molar-refractivity contribution in [2.75, 3.05) is 34.2 Å². The minimum atomic E-state index is 0.317. The van der Waals surface area contributed by atoms with Crippen molar-refractivity contribution in [1.82, 2.24) is 0 Å². The summed E-state index contributed by atoms with van der Waals surface area (Å²) < 4.78 is 20.4. The van der Waals surface area contributed by atoms with Gasteiger partial charge in [0.15, 0.2) is 0 Å². The fraction of sp³-hybridized carbons (Fsp3) is 0.429. The fourth-order valence-electron chi connectivity index (χ4n) is 1.30. The molecule has 0 amide bonds. The van der Waals surface area contributed by atoms with Gasteiger partial charge in [0.05, 0.1) is 26.9 Å². The van der Waals surface area contributed by atoms with E-state index in [-0.39, 0.29) is 0 Å². The molecule has 1 aromatic carbocycles. The standard InChI is InChI=1S/C14H20O4/c1-15-12-18-10-4-3-9-17-11-13-5-7-14(16-2)8-6-13/h3-8H,9-12H2,1-2H3/b4-3+. The van der Waals surface area contributed by atoms with Gasteiger partial charge >= 0.3 is 0 Å². The molecule has 0 heterocycles. The zero-order chi connectivity index (χ0) is 13.1. The lowest BCUT2D eigenvalue weighted by Crippen LogP contribution is -1.97. The largest absolute Gasteiger partial charge is 0.497 e. The Balaban J connectivity index is 2.09. The number of benzene rings is 1. The molecule has 0 N–H and O–H groups in total. The van der Waals surface area contributed by atoms with Crippen LogP contribution in [0.3, 0.4) is 0 Å². The second kappa shape index (κ2) is 9.65. The van der Waals surface area contributed by atoms with Crippen molar-refractivity contribution >= 4 is 0 Å². The van der Waals surface area contributed by atoms with Crippen LogP contribution in [0.4, 0.5) is 0 Å². The van der Waals surface area contributed by atoms with Crippen LogP contribution >= 0.6 is 0 Å². The van der Waals surface area contributed by atoms with E-state index in [0.29, 0.717) is 26.6 Å².